The van der Waals surface area contributed by atoms with Crippen molar-refractivity contribution in [2.75, 3.05) is 36.4 Å². The van der Waals surface area contributed by atoms with E-state index in [1.165, 1.54) is 40.7 Å². The van der Waals surface area contributed by atoms with E-state index in [2.05, 4.69) is 5.32 Å². The van der Waals surface area contributed by atoms with Crippen LogP contribution in [0.1, 0.15) is 10.4 Å². The number of piperazine rings is 1. The highest BCUT2D eigenvalue weighted by Crippen LogP contribution is 2.30. The maximum absolute atomic E-state index is 13.7. The fourth-order valence-electron chi connectivity index (χ4n) is 3.05. The molecule has 29 heavy (non-hydrogen) atoms. The number of carbonyl (C=O) groups excluding carboxylic acids is 2. The lowest BCUT2D eigenvalue weighted by Crippen LogP contribution is -2.50. The van der Waals surface area contributed by atoms with Gasteiger partial charge in [-0.1, -0.05) is 12.1 Å². The van der Waals surface area contributed by atoms with Crippen molar-refractivity contribution in [2.24, 2.45) is 0 Å². The summed E-state index contributed by atoms with van der Waals surface area (Å²) >= 11 is 0. The monoisotopic (exact) mass is 403 g/mol. The second-order valence-corrected chi connectivity index (χ2v) is 6.29. The van der Waals surface area contributed by atoms with Crippen LogP contribution in [0.15, 0.2) is 42.5 Å². The third kappa shape index (κ3) is 4.41. The van der Waals surface area contributed by atoms with E-state index in [1.807, 2.05) is 0 Å². The van der Waals surface area contributed by atoms with Gasteiger partial charge in [-0.25, -0.2) is 14.7 Å². The number of nitrogens with zero attached hydrogens (tertiary/aromatic N) is 3. The molecule has 152 valence electrons. The SMILES string of the molecule is O=C(NO)c1ccc(N2CCN(C(=O)Nc3ccccc3F)CC2)c([N+](=O)[O-])c1. The van der Waals surface area contributed by atoms with Crippen LogP contribution in [0.25, 0.3) is 0 Å². The van der Waals surface area contributed by atoms with Crippen molar-refractivity contribution in [2.45, 2.75) is 0 Å². The van der Waals surface area contributed by atoms with Gasteiger partial charge in [-0.15, -0.1) is 0 Å². The number of urea groups is 1. The van der Waals surface area contributed by atoms with Gasteiger partial charge < -0.3 is 15.1 Å². The van der Waals surface area contributed by atoms with Crippen molar-refractivity contribution in [1.29, 1.82) is 0 Å². The summed E-state index contributed by atoms with van der Waals surface area (Å²) in [7, 11) is 0. The highest BCUT2D eigenvalue weighted by atomic mass is 19.1. The molecule has 1 saturated heterocycles. The summed E-state index contributed by atoms with van der Waals surface area (Å²) in [5.74, 6) is -1.39. The number of hydrogen-bond acceptors (Lipinski definition) is 6. The van der Waals surface area contributed by atoms with Crippen molar-refractivity contribution in [3.05, 3.63) is 64.0 Å². The van der Waals surface area contributed by atoms with E-state index >= 15 is 0 Å². The number of halogens is 1. The Kier molecular flexibility index (Phi) is 5.88. The van der Waals surface area contributed by atoms with Gasteiger partial charge in [0.25, 0.3) is 11.6 Å². The Morgan fingerprint density at radius 3 is 2.41 bits per heavy atom. The molecule has 2 aromatic carbocycles. The second-order valence-electron chi connectivity index (χ2n) is 6.29. The van der Waals surface area contributed by atoms with Gasteiger partial charge in [-0.3, -0.25) is 20.1 Å². The lowest BCUT2D eigenvalue weighted by molar-refractivity contribution is -0.384. The highest BCUT2D eigenvalue weighted by Gasteiger charge is 2.27. The molecule has 0 unspecified atom stereocenters. The van der Waals surface area contributed by atoms with Crippen molar-refractivity contribution in [3.8, 4) is 0 Å². The van der Waals surface area contributed by atoms with Crippen LogP contribution in [0.2, 0.25) is 0 Å². The minimum absolute atomic E-state index is 0.0501. The molecule has 3 rings (SSSR count). The third-order valence-electron chi connectivity index (χ3n) is 4.56. The summed E-state index contributed by atoms with van der Waals surface area (Å²) in [6.07, 6.45) is 0. The van der Waals surface area contributed by atoms with Crippen molar-refractivity contribution in [3.63, 3.8) is 0 Å². The molecule has 0 atom stereocenters. The molecule has 0 aromatic heterocycles. The normalized spacial score (nSPS) is 13.7. The Balaban J connectivity index is 1.69. The first-order chi connectivity index (χ1) is 13.9. The van der Waals surface area contributed by atoms with Crippen LogP contribution in [-0.2, 0) is 0 Å². The zero-order valence-electron chi connectivity index (χ0n) is 15.2. The number of benzene rings is 2. The fraction of sp³-hybridized carbons (Fsp3) is 0.222. The first-order valence-corrected chi connectivity index (χ1v) is 8.69. The van der Waals surface area contributed by atoms with Crippen molar-refractivity contribution >= 4 is 29.0 Å². The minimum Gasteiger partial charge on any atom is -0.362 e. The molecular weight excluding hydrogens is 385 g/mol. The third-order valence-corrected chi connectivity index (χ3v) is 4.56. The van der Waals surface area contributed by atoms with Gasteiger partial charge in [0, 0.05) is 37.8 Å². The maximum Gasteiger partial charge on any atom is 0.322 e. The first kappa shape index (κ1) is 20.0. The number of rotatable bonds is 4. The molecule has 3 N–H and O–H groups in total. The molecule has 0 radical (unpaired) electrons. The van der Waals surface area contributed by atoms with Gasteiger partial charge in [0.2, 0.25) is 0 Å². The van der Waals surface area contributed by atoms with E-state index in [-0.39, 0.29) is 30.0 Å². The quantitative estimate of drug-likeness (QED) is 0.408. The smallest absolute Gasteiger partial charge is 0.322 e. The van der Waals surface area contributed by atoms with E-state index in [0.29, 0.717) is 18.8 Å². The summed E-state index contributed by atoms with van der Waals surface area (Å²) in [6.45, 7) is 1.18. The maximum atomic E-state index is 13.7. The molecule has 0 aliphatic carbocycles. The zero-order chi connectivity index (χ0) is 21.0. The van der Waals surface area contributed by atoms with Gasteiger partial charge in [0.15, 0.2) is 0 Å². The number of hydroxylamine groups is 1. The van der Waals surface area contributed by atoms with Gasteiger partial charge in [-0.05, 0) is 24.3 Å². The number of carbonyl (C=O) groups is 2. The fourth-order valence-corrected chi connectivity index (χ4v) is 3.05. The van der Waals surface area contributed by atoms with Crippen LogP contribution < -0.4 is 15.7 Å². The largest absolute Gasteiger partial charge is 0.362 e. The van der Waals surface area contributed by atoms with Gasteiger partial charge >= 0.3 is 6.03 Å². The number of nitro benzene ring substituents is 1. The number of para-hydroxylation sites is 1. The van der Waals surface area contributed by atoms with E-state index in [1.54, 1.807) is 11.0 Å². The van der Waals surface area contributed by atoms with Crippen LogP contribution in [0.5, 0.6) is 0 Å². The average molecular weight is 403 g/mol. The Morgan fingerprint density at radius 1 is 1.10 bits per heavy atom. The lowest BCUT2D eigenvalue weighted by atomic mass is 10.1. The van der Waals surface area contributed by atoms with Crippen molar-refractivity contribution < 1.29 is 24.1 Å². The molecule has 0 spiro atoms. The molecule has 1 fully saturated rings. The number of amides is 3. The Hall–Kier alpha value is -3.73. The molecule has 3 amide bonds. The number of hydrogen-bond donors (Lipinski definition) is 3. The topological polar surface area (TPSA) is 128 Å². The van der Waals surface area contributed by atoms with E-state index in [9.17, 15) is 24.1 Å². The van der Waals surface area contributed by atoms with Crippen molar-refractivity contribution in [1.82, 2.24) is 10.4 Å². The first-order valence-electron chi connectivity index (χ1n) is 8.69. The van der Waals surface area contributed by atoms with Gasteiger partial charge in [0.05, 0.1) is 10.6 Å². The molecule has 0 saturated carbocycles. The Labute approximate surface area is 164 Å². The van der Waals surface area contributed by atoms with E-state index < -0.39 is 22.7 Å². The molecule has 1 aliphatic rings. The molecule has 1 aliphatic heterocycles. The van der Waals surface area contributed by atoms with Crippen LogP contribution in [0.4, 0.5) is 26.2 Å². The van der Waals surface area contributed by atoms with Gasteiger partial charge in [-0.2, -0.15) is 0 Å². The lowest BCUT2D eigenvalue weighted by Gasteiger charge is -2.35. The predicted octanol–water partition coefficient (Wildman–Crippen LogP) is 2.21. The van der Waals surface area contributed by atoms with Gasteiger partial charge in [0.1, 0.15) is 11.5 Å². The number of nitrogens with one attached hydrogen (secondary N) is 2. The minimum atomic E-state index is -0.853. The predicted molar refractivity (Wildman–Crippen MR) is 102 cm³/mol. The molecule has 10 nitrogen and oxygen atoms in total. The van der Waals surface area contributed by atoms with E-state index in [0.717, 1.165) is 6.07 Å². The summed E-state index contributed by atoms with van der Waals surface area (Å²) in [5.41, 5.74) is 1.48. The van der Waals surface area contributed by atoms with Crippen LogP contribution in [0.3, 0.4) is 0 Å². The number of nitro groups is 1. The molecule has 2 aromatic rings. The summed E-state index contributed by atoms with van der Waals surface area (Å²) < 4.78 is 13.7. The average Bonchev–Trinajstić information content (AvgIpc) is 2.74. The molecule has 1 heterocycles. The van der Waals surface area contributed by atoms with Crippen LogP contribution in [-0.4, -0.2) is 53.1 Å². The molecular formula is C18H18FN5O5. The molecule has 11 heteroatoms. The summed E-state index contributed by atoms with van der Waals surface area (Å²) in [5, 5.41) is 22.6. The van der Waals surface area contributed by atoms with Crippen LogP contribution in [0, 0.1) is 15.9 Å². The highest BCUT2D eigenvalue weighted by molar-refractivity contribution is 5.95. The zero-order valence-corrected chi connectivity index (χ0v) is 15.2. The Bertz CT molecular complexity index is 946. The van der Waals surface area contributed by atoms with E-state index in [4.69, 9.17) is 5.21 Å². The number of anilines is 2. The second kappa shape index (κ2) is 8.52. The standard InChI is InChI=1S/C18H18FN5O5/c19-13-3-1-2-4-14(13)20-18(26)23-9-7-22(8-10-23)15-6-5-12(17(25)21-27)11-16(15)24(28)29/h1-6,11,27H,7-10H2,(H,20,26)(H,21,25). The molecule has 0 bridgehead atoms. The van der Waals surface area contributed by atoms with Crippen LogP contribution >= 0.6 is 0 Å². The Morgan fingerprint density at radius 2 is 1.79 bits per heavy atom. The summed E-state index contributed by atoms with van der Waals surface area (Å²) in [4.78, 5) is 37.9. The summed E-state index contributed by atoms with van der Waals surface area (Å²) in [6, 6.07) is 9.24.